The van der Waals surface area contributed by atoms with Crippen LogP contribution in [0.4, 0.5) is 22.0 Å². The number of H-pyrrole nitrogens is 1. The molecule has 4 rings (SSSR count). The fourth-order valence-electron chi connectivity index (χ4n) is 3.54. The Morgan fingerprint density at radius 3 is 2.43 bits per heavy atom. The number of aromatic nitrogens is 3. The predicted molar refractivity (Wildman–Crippen MR) is 112 cm³/mol. The van der Waals surface area contributed by atoms with Gasteiger partial charge in [-0.3, -0.25) is 4.79 Å². The number of halogens is 5. The van der Waals surface area contributed by atoms with E-state index in [0.717, 1.165) is 12.1 Å². The van der Waals surface area contributed by atoms with Gasteiger partial charge in [-0.25, -0.2) is 13.6 Å². The van der Waals surface area contributed by atoms with Gasteiger partial charge < -0.3 is 9.72 Å². The molecule has 2 heterocycles. The molecule has 2 aromatic carbocycles. The molecule has 0 aliphatic carbocycles. The average Bonchev–Trinajstić information content (AvgIpc) is 3.19. The van der Waals surface area contributed by atoms with Crippen molar-refractivity contribution in [1.82, 2.24) is 14.6 Å². The van der Waals surface area contributed by atoms with E-state index in [0.29, 0.717) is 10.6 Å². The number of alkyl halides is 3. The fraction of sp³-hybridized carbons (Fsp3) is 0.130. The second-order valence-electron chi connectivity index (χ2n) is 7.20. The number of benzene rings is 2. The van der Waals surface area contributed by atoms with E-state index in [1.165, 1.54) is 31.2 Å². The molecule has 0 spiro atoms. The molecule has 12 heteroatoms. The van der Waals surface area contributed by atoms with E-state index < -0.39 is 57.4 Å². The summed E-state index contributed by atoms with van der Waals surface area (Å²) in [4.78, 5) is 28.4. The summed E-state index contributed by atoms with van der Waals surface area (Å²) in [5.41, 5.74) is -5.45. The number of carbonyl (C=O) groups is 1. The zero-order chi connectivity index (χ0) is 25.5. The maximum Gasteiger partial charge on any atom is 0.435 e. The van der Waals surface area contributed by atoms with Gasteiger partial charge >= 0.3 is 12.1 Å². The van der Waals surface area contributed by atoms with Crippen molar-refractivity contribution in [2.24, 2.45) is 0 Å². The lowest BCUT2D eigenvalue weighted by atomic mass is 10.0. The molecule has 0 unspecified atom stereocenters. The zero-order valence-electron chi connectivity index (χ0n) is 17.7. The van der Waals surface area contributed by atoms with Crippen molar-refractivity contribution in [3.05, 3.63) is 81.3 Å². The number of fused-ring (bicyclic) bond motifs is 1. The van der Waals surface area contributed by atoms with Crippen LogP contribution in [-0.4, -0.2) is 27.2 Å². The topological polar surface area (TPSA) is 100 Å². The first kappa shape index (κ1) is 23.6. The van der Waals surface area contributed by atoms with Crippen LogP contribution in [0, 0.1) is 23.0 Å². The largest absolute Gasteiger partial charge is 0.462 e. The minimum absolute atomic E-state index is 0.137. The first-order valence-corrected chi connectivity index (χ1v) is 9.96. The molecule has 4 aromatic rings. The number of nitriles is 1. The van der Waals surface area contributed by atoms with Gasteiger partial charge in [-0.15, -0.1) is 0 Å². The van der Waals surface area contributed by atoms with Gasteiger partial charge in [0.25, 0.3) is 5.56 Å². The van der Waals surface area contributed by atoms with Crippen molar-refractivity contribution in [2.75, 3.05) is 6.61 Å². The highest BCUT2D eigenvalue weighted by atomic mass is 19.4. The SMILES string of the molecule is CCOC(=O)c1c(-c2ccc(C#N)cc2)[nH]c2c(-c3ccc(F)cc3F)c(C(F)(F)F)nn2c1=O. The Labute approximate surface area is 193 Å². The third-order valence-corrected chi connectivity index (χ3v) is 5.04. The molecule has 7 nitrogen and oxygen atoms in total. The van der Waals surface area contributed by atoms with Gasteiger partial charge in [-0.2, -0.15) is 28.0 Å². The van der Waals surface area contributed by atoms with Gasteiger partial charge in [0.2, 0.25) is 0 Å². The number of nitrogens with zero attached hydrogens (tertiary/aromatic N) is 3. The maximum absolute atomic E-state index is 14.6. The summed E-state index contributed by atoms with van der Waals surface area (Å²) < 4.78 is 74.9. The minimum Gasteiger partial charge on any atom is -0.462 e. The van der Waals surface area contributed by atoms with Crippen molar-refractivity contribution in [2.45, 2.75) is 13.1 Å². The Morgan fingerprint density at radius 1 is 1.17 bits per heavy atom. The molecule has 0 fully saturated rings. The molecule has 0 radical (unpaired) electrons. The lowest BCUT2D eigenvalue weighted by Gasteiger charge is -2.11. The summed E-state index contributed by atoms with van der Waals surface area (Å²) in [7, 11) is 0. The molecule has 0 amide bonds. The second kappa shape index (κ2) is 8.68. The van der Waals surface area contributed by atoms with Crippen molar-refractivity contribution in [3.8, 4) is 28.5 Å². The molecule has 2 aromatic heterocycles. The van der Waals surface area contributed by atoms with Crippen LogP contribution in [0.3, 0.4) is 0 Å². The number of aromatic amines is 1. The van der Waals surface area contributed by atoms with Crippen LogP contribution in [0.2, 0.25) is 0 Å². The summed E-state index contributed by atoms with van der Waals surface area (Å²) >= 11 is 0. The molecule has 178 valence electrons. The van der Waals surface area contributed by atoms with Crippen LogP contribution < -0.4 is 5.56 Å². The van der Waals surface area contributed by atoms with Crippen molar-refractivity contribution < 1.29 is 31.5 Å². The highest BCUT2D eigenvalue weighted by Crippen LogP contribution is 2.39. The lowest BCUT2D eigenvalue weighted by molar-refractivity contribution is -0.140. The molecule has 0 aliphatic heterocycles. The summed E-state index contributed by atoms with van der Waals surface area (Å²) in [6.07, 6.45) is -5.14. The van der Waals surface area contributed by atoms with E-state index in [1.807, 2.05) is 6.07 Å². The molecule has 35 heavy (non-hydrogen) atoms. The Hall–Kier alpha value is -4.53. The molecule has 0 atom stereocenters. The summed E-state index contributed by atoms with van der Waals surface area (Å²) in [5.74, 6) is -3.47. The monoisotopic (exact) mass is 488 g/mol. The van der Waals surface area contributed by atoms with Gasteiger partial charge in [-0.05, 0) is 36.8 Å². The van der Waals surface area contributed by atoms with Crippen LogP contribution in [0.15, 0.2) is 47.3 Å². The Balaban J connectivity index is 2.16. The highest BCUT2D eigenvalue weighted by Gasteiger charge is 2.40. The van der Waals surface area contributed by atoms with Crippen LogP contribution in [0.1, 0.15) is 28.5 Å². The second-order valence-corrected chi connectivity index (χ2v) is 7.20. The third kappa shape index (κ3) is 4.12. The summed E-state index contributed by atoms with van der Waals surface area (Å²) in [6, 6.07) is 9.29. The number of hydrogen-bond donors (Lipinski definition) is 1. The number of carbonyl (C=O) groups excluding carboxylic acids is 1. The number of rotatable bonds is 4. The molecule has 0 saturated heterocycles. The Morgan fingerprint density at radius 2 is 1.86 bits per heavy atom. The molecule has 0 aliphatic rings. The van der Waals surface area contributed by atoms with Gasteiger partial charge in [-0.1, -0.05) is 12.1 Å². The lowest BCUT2D eigenvalue weighted by Crippen LogP contribution is -2.26. The molecule has 0 saturated carbocycles. The number of ether oxygens (including phenoxy) is 1. The van der Waals surface area contributed by atoms with Crippen LogP contribution in [-0.2, 0) is 10.9 Å². The normalized spacial score (nSPS) is 11.5. The number of esters is 1. The van der Waals surface area contributed by atoms with Crippen molar-refractivity contribution >= 4 is 11.6 Å². The third-order valence-electron chi connectivity index (χ3n) is 5.04. The number of hydrogen-bond acceptors (Lipinski definition) is 5. The molecular formula is C23H13F5N4O3. The molecule has 1 N–H and O–H groups in total. The predicted octanol–water partition coefficient (Wildman–Crippen LogP) is 4.70. The summed E-state index contributed by atoms with van der Waals surface area (Å²) in [6.45, 7) is 1.33. The van der Waals surface area contributed by atoms with Crippen LogP contribution in [0.5, 0.6) is 0 Å². The first-order chi connectivity index (χ1) is 16.6. The Kier molecular flexibility index (Phi) is 5.86. The van der Waals surface area contributed by atoms with Gasteiger partial charge in [0.15, 0.2) is 11.3 Å². The van der Waals surface area contributed by atoms with Gasteiger partial charge in [0.05, 0.1) is 29.5 Å². The van der Waals surface area contributed by atoms with Crippen molar-refractivity contribution in [3.63, 3.8) is 0 Å². The van der Waals surface area contributed by atoms with E-state index in [1.54, 1.807) is 0 Å². The minimum atomic E-state index is -5.14. The van der Waals surface area contributed by atoms with E-state index in [4.69, 9.17) is 10.00 Å². The maximum atomic E-state index is 14.6. The van der Waals surface area contributed by atoms with E-state index in [9.17, 15) is 31.5 Å². The fourth-order valence-corrected chi connectivity index (χ4v) is 3.54. The van der Waals surface area contributed by atoms with Crippen LogP contribution >= 0.6 is 0 Å². The highest BCUT2D eigenvalue weighted by molar-refractivity contribution is 5.97. The average molecular weight is 488 g/mol. The van der Waals surface area contributed by atoms with Gasteiger partial charge in [0.1, 0.15) is 17.3 Å². The van der Waals surface area contributed by atoms with E-state index in [-0.39, 0.29) is 23.4 Å². The smallest absolute Gasteiger partial charge is 0.435 e. The first-order valence-electron chi connectivity index (χ1n) is 9.96. The van der Waals surface area contributed by atoms with Crippen molar-refractivity contribution in [1.29, 1.82) is 5.26 Å². The van der Waals surface area contributed by atoms with Gasteiger partial charge in [0, 0.05) is 11.6 Å². The zero-order valence-corrected chi connectivity index (χ0v) is 17.7. The summed E-state index contributed by atoms with van der Waals surface area (Å²) in [5, 5.41) is 12.3. The van der Waals surface area contributed by atoms with E-state index in [2.05, 4.69) is 10.1 Å². The number of nitrogens with one attached hydrogen (secondary N) is 1. The Bertz CT molecular complexity index is 1560. The quantitative estimate of drug-likeness (QED) is 0.332. The standard InChI is InChI=1S/C23H13F5N4O3/c1-2-35-22(34)17-18(12-5-3-11(10-29)4-6-12)30-20-16(14-8-7-13(24)9-15(14)25)19(23(26,27)28)31-32(20)21(17)33/h3-9,30H,2H2,1H3. The molecular weight excluding hydrogens is 475 g/mol. The van der Waals surface area contributed by atoms with E-state index >= 15 is 0 Å². The van der Waals surface area contributed by atoms with Crippen LogP contribution in [0.25, 0.3) is 28.0 Å². The molecule has 0 bridgehead atoms.